The summed E-state index contributed by atoms with van der Waals surface area (Å²) in [6.07, 6.45) is 2.88. The maximum Gasteiger partial charge on any atom is 0.0655 e. The van der Waals surface area contributed by atoms with Crippen molar-refractivity contribution in [1.82, 2.24) is 10.2 Å². The van der Waals surface area contributed by atoms with E-state index in [-0.39, 0.29) is 0 Å². The smallest absolute Gasteiger partial charge is 0.0655 e. The molecule has 0 aromatic rings. The molecule has 1 heterocycles. The van der Waals surface area contributed by atoms with E-state index in [9.17, 15) is 0 Å². The van der Waals surface area contributed by atoms with Crippen LogP contribution in [0, 0.1) is 11.3 Å². The van der Waals surface area contributed by atoms with Crippen LogP contribution in [0.1, 0.15) is 54.4 Å². The van der Waals surface area contributed by atoms with Gasteiger partial charge in [-0.3, -0.25) is 4.90 Å². The maximum absolute atomic E-state index is 5.92. The van der Waals surface area contributed by atoms with Gasteiger partial charge in [-0.1, -0.05) is 34.6 Å². The van der Waals surface area contributed by atoms with Crippen molar-refractivity contribution in [1.29, 1.82) is 0 Å². The summed E-state index contributed by atoms with van der Waals surface area (Å²) in [5.74, 6) is 0.710. The lowest BCUT2D eigenvalue weighted by Crippen LogP contribution is -2.70. The zero-order valence-corrected chi connectivity index (χ0v) is 14.3. The van der Waals surface area contributed by atoms with Gasteiger partial charge in [0.2, 0.25) is 0 Å². The van der Waals surface area contributed by atoms with Gasteiger partial charge in [-0.2, -0.15) is 0 Å². The number of rotatable bonds is 5. The fourth-order valence-electron chi connectivity index (χ4n) is 4.02. The first-order chi connectivity index (χ1) is 9.41. The molecule has 20 heavy (non-hydrogen) atoms. The number of nitrogens with one attached hydrogen (secondary N) is 1. The Hall–Kier alpha value is -0.120. The molecule has 1 saturated heterocycles. The van der Waals surface area contributed by atoms with Crippen LogP contribution >= 0.6 is 0 Å². The summed E-state index contributed by atoms with van der Waals surface area (Å²) in [5.41, 5.74) is 0.290. The second-order valence-corrected chi connectivity index (χ2v) is 7.54. The molecule has 2 rings (SSSR count). The van der Waals surface area contributed by atoms with Gasteiger partial charge in [-0.15, -0.1) is 0 Å². The zero-order chi connectivity index (χ0) is 14.9. The van der Waals surface area contributed by atoms with Crippen molar-refractivity contribution in [2.45, 2.75) is 78.6 Å². The largest absolute Gasteiger partial charge is 0.378 e. The van der Waals surface area contributed by atoms with E-state index in [1.807, 2.05) is 0 Å². The quantitative estimate of drug-likeness (QED) is 0.839. The molecule has 0 amide bonds. The van der Waals surface area contributed by atoms with Gasteiger partial charge in [0.1, 0.15) is 0 Å². The fourth-order valence-corrected chi connectivity index (χ4v) is 4.02. The van der Waals surface area contributed by atoms with Crippen molar-refractivity contribution in [3.63, 3.8) is 0 Å². The van der Waals surface area contributed by atoms with Gasteiger partial charge in [0.25, 0.3) is 0 Å². The third-order valence-corrected chi connectivity index (χ3v) is 5.63. The molecular weight excluding hydrogens is 248 g/mol. The lowest BCUT2D eigenvalue weighted by molar-refractivity contribution is -0.166. The normalized spacial score (nSPS) is 38.0. The molecule has 4 unspecified atom stereocenters. The van der Waals surface area contributed by atoms with Gasteiger partial charge in [-0.25, -0.2) is 0 Å². The van der Waals surface area contributed by atoms with Crippen molar-refractivity contribution >= 4 is 0 Å². The van der Waals surface area contributed by atoms with E-state index in [1.165, 1.54) is 19.4 Å². The Morgan fingerprint density at radius 1 is 1.30 bits per heavy atom. The average molecular weight is 282 g/mol. The Balaban J connectivity index is 2.08. The number of nitrogens with zero attached hydrogens (tertiary/aromatic N) is 1. The average Bonchev–Trinajstić information content (AvgIpc) is 2.42. The molecule has 0 aromatic heterocycles. The maximum atomic E-state index is 5.92. The minimum atomic E-state index is 0.290. The monoisotopic (exact) mass is 282 g/mol. The molecule has 0 aromatic carbocycles. The molecule has 1 N–H and O–H groups in total. The van der Waals surface area contributed by atoms with Gasteiger partial charge >= 0.3 is 0 Å². The Labute approximate surface area is 125 Å². The number of ether oxygens (including phenoxy) is 1. The van der Waals surface area contributed by atoms with Gasteiger partial charge < -0.3 is 10.1 Å². The van der Waals surface area contributed by atoms with E-state index in [0.29, 0.717) is 35.6 Å². The first kappa shape index (κ1) is 16.3. The lowest BCUT2D eigenvalue weighted by Gasteiger charge is -2.60. The van der Waals surface area contributed by atoms with Crippen LogP contribution in [-0.2, 0) is 4.74 Å². The third-order valence-electron chi connectivity index (χ3n) is 5.63. The third kappa shape index (κ3) is 2.90. The SMILES string of the molecule is CCOC1CC(N2CC(CC)NCC2C(C)C)C1(C)C. The molecule has 3 heteroatoms. The van der Waals surface area contributed by atoms with Gasteiger partial charge in [-0.05, 0) is 25.7 Å². The molecule has 1 aliphatic carbocycles. The van der Waals surface area contributed by atoms with Crippen LogP contribution < -0.4 is 5.32 Å². The van der Waals surface area contributed by atoms with Crippen LogP contribution in [0.5, 0.6) is 0 Å². The van der Waals surface area contributed by atoms with E-state index in [0.717, 1.165) is 13.2 Å². The first-order valence-corrected chi connectivity index (χ1v) is 8.52. The second kappa shape index (κ2) is 6.33. The molecule has 1 aliphatic heterocycles. The second-order valence-electron chi connectivity index (χ2n) is 7.54. The highest BCUT2D eigenvalue weighted by molar-refractivity contribution is 5.07. The van der Waals surface area contributed by atoms with E-state index >= 15 is 0 Å². The lowest BCUT2D eigenvalue weighted by atomic mass is 9.63. The summed E-state index contributed by atoms with van der Waals surface area (Å²) in [6.45, 7) is 17.1. The fraction of sp³-hybridized carbons (Fsp3) is 1.00. The van der Waals surface area contributed by atoms with E-state index in [2.05, 4.69) is 51.8 Å². The summed E-state index contributed by atoms with van der Waals surface area (Å²) in [5, 5.41) is 3.72. The zero-order valence-electron chi connectivity index (χ0n) is 14.3. The van der Waals surface area contributed by atoms with Crippen LogP contribution in [0.3, 0.4) is 0 Å². The van der Waals surface area contributed by atoms with E-state index in [4.69, 9.17) is 4.74 Å². The predicted molar refractivity (Wildman–Crippen MR) is 85.0 cm³/mol. The molecule has 3 nitrogen and oxygen atoms in total. The number of hydrogen-bond acceptors (Lipinski definition) is 3. The Bertz CT molecular complexity index is 316. The Kier molecular flexibility index (Phi) is 5.14. The standard InChI is InChI=1S/C17H34N2O/c1-7-13-11-19(14(10-18-13)12(3)4)15-9-16(20-8-2)17(15,5)6/h12-16,18H,7-11H2,1-6H3. The van der Waals surface area contributed by atoms with E-state index < -0.39 is 0 Å². The molecule has 118 valence electrons. The van der Waals surface area contributed by atoms with Crippen molar-refractivity contribution in [2.24, 2.45) is 11.3 Å². The van der Waals surface area contributed by atoms with Crippen LogP contribution in [0.25, 0.3) is 0 Å². The molecule has 1 saturated carbocycles. The van der Waals surface area contributed by atoms with E-state index in [1.54, 1.807) is 0 Å². The molecule has 2 fully saturated rings. The molecule has 2 aliphatic rings. The summed E-state index contributed by atoms with van der Waals surface area (Å²) in [6, 6.07) is 2.01. The highest BCUT2D eigenvalue weighted by Crippen LogP contribution is 2.47. The van der Waals surface area contributed by atoms with Crippen molar-refractivity contribution < 1.29 is 4.74 Å². The van der Waals surface area contributed by atoms with Gasteiger partial charge in [0.05, 0.1) is 6.10 Å². The molecule has 0 radical (unpaired) electrons. The highest BCUT2D eigenvalue weighted by Gasteiger charge is 2.53. The Morgan fingerprint density at radius 3 is 2.50 bits per heavy atom. The number of hydrogen-bond donors (Lipinski definition) is 1. The van der Waals surface area contributed by atoms with Crippen LogP contribution in [-0.4, -0.2) is 48.8 Å². The highest BCUT2D eigenvalue weighted by atomic mass is 16.5. The first-order valence-electron chi connectivity index (χ1n) is 8.52. The summed E-state index contributed by atoms with van der Waals surface area (Å²) in [4.78, 5) is 2.80. The predicted octanol–water partition coefficient (Wildman–Crippen LogP) is 2.90. The topological polar surface area (TPSA) is 24.5 Å². The van der Waals surface area contributed by atoms with Crippen molar-refractivity contribution in [3.8, 4) is 0 Å². The molecule has 0 bridgehead atoms. The molecule has 0 spiro atoms. The molecule has 4 atom stereocenters. The minimum Gasteiger partial charge on any atom is -0.378 e. The summed E-state index contributed by atoms with van der Waals surface area (Å²) < 4.78 is 5.92. The van der Waals surface area contributed by atoms with Crippen molar-refractivity contribution in [2.75, 3.05) is 19.7 Å². The van der Waals surface area contributed by atoms with Crippen LogP contribution in [0.15, 0.2) is 0 Å². The Morgan fingerprint density at radius 2 is 2.00 bits per heavy atom. The van der Waals surface area contributed by atoms with Crippen LogP contribution in [0.2, 0.25) is 0 Å². The van der Waals surface area contributed by atoms with Gasteiger partial charge in [0, 0.05) is 43.2 Å². The summed E-state index contributed by atoms with van der Waals surface area (Å²) in [7, 11) is 0. The van der Waals surface area contributed by atoms with Gasteiger partial charge in [0.15, 0.2) is 0 Å². The molecular formula is C17H34N2O. The summed E-state index contributed by atoms with van der Waals surface area (Å²) >= 11 is 0. The number of piperazine rings is 1. The van der Waals surface area contributed by atoms with Crippen LogP contribution in [0.4, 0.5) is 0 Å². The van der Waals surface area contributed by atoms with Crippen molar-refractivity contribution in [3.05, 3.63) is 0 Å². The minimum absolute atomic E-state index is 0.290.